The first-order valence-electron chi connectivity index (χ1n) is 6.43. The van der Waals surface area contributed by atoms with Gasteiger partial charge in [0.15, 0.2) is 0 Å². The summed E-state index contributed by atoms with van der Waals surface area (Å²) in [6.07, 6.45) is 0. The van der Waals surface area contributed by atoms with Crippen LogP contribution in [0.5, 0.6) is 0 Å². The van der Waals surface area contributed by atoms with Crippen LogP contribution in [0.25, 0.3) is 11.0 Å². The van der Waals surface area contributed by atoms with Gasteiger partial charge in [-0.1, -0.05) is 41.4 Å². The summed E-state index contributed by atoms with van der Waals surface area (Å²) in [7, 11) is 0. The molecule has 0 radical (unpaired) electrons. The van der Waals surface area contributed by atoms with Crippen LogP contribution in [0.2, 0.25) is 5.02 Å². The number of aryl methyl sites for hydroxylation is 1. The van der Waals surface area contributed by atoms with Gasteiger partial charge in [-0.25, -0.2) is 4.98 Å². The number of rotatable bonds is 3. The van der Waals surface area contributed by atoms with Gasteiger partial charge < -0.3 is 4.57 Å². The van der Waals surface area contributed by atoms with Gasteiger partial charge in [-0.05, 0) is 30.7 Å². The molecule has 0 saturated heterocycles. The van der Waals surface area contributed by atoms with Crippen LogP contribution in [0.4, 0.5) is 0 Å². The van der Waals surface area contributed by atoms with Crippen molar-refractivity contribution < 1.29 is 0 Å². The first-order valence-corrected chi connectivity index (χ1v) is 7.35. The number of halogens is 2. The Morgan fingerprint density at radius 2 is 1.85 bits per heavy atom. The third-order valence-electron chi connectivity index (χ3n) is 3.37. The molecule has 1 aromatic heterocycles. The molecule has 0 amide bonds. The summed E-state index contributed by atoms with van der Waals surface area (Å²) in [4.78, 5) is 4.55. The van der Waals surface area contributed by atoms with Crippen molar-refractivity contribution >= 4 is 34.2 Å². The average molecular weight is 305 g/mol. The van der Waals surface area contributed by atoms with Crippen molar-refractivity contribution in [3.05, 3.63) is 64.4 Å². The van der Waals surface area contributed by atoms with Crippen LogP contribution in [0.15, 0.2) is 42.5 Å². The summed E-state index contributed by atoms with van der Waals surface area (Å²) in [5, 5.41) is 0.693. The van der Waals surface area contributed by atoms with Crippen molar-refractivity contribution in [3.8, 4) is 0 Å². The number of alkyl halides is 1. The molecule has 1 heterocycles. The molecule has 4 heteroatoms. The summed E-state index contributed by atoms with van der Waals surface area (Å²) in [6, 6.07) is 14.3. The molecular weight excluding hydrogens is 291 g/mol. The van der Waals surface area contributed by atoms with E-state index in [2.05, 4.69) is 40.7 Å². The van der Waals surface area contributed by atoms with E-state index in [1.54, 1.807) is 0 Å². The molecular formula is C16H14Cl2N2. The van der Waals surface area contributed by atoms with Gasteiger partial charge in [-0.15, -0.1) is 11.6 Å². The Balaban J connectivity index is 2.07. The lowest BCUT2D eigenvalue weighted by Gasteiger charge is -2.08. The highest BCUT2D eigenvalue weighted by atomic mass is 35.5. The lowest BCUT2D eigenvalue weighted by Crippen LogP contribution is -2.03. The minimum Gasteiger partial charge on any atom is -0.322 e. The largest absolute Gasteiger partial charge is 0.322 e. The van der Waals surface area contributed by atoms with E-state index in [9.17, 15) is 0 Å². The molecule has 0 saturated carbocycles. The van der Waals surface area contributed by atoms with E-state index >= 15 is 0 Å². The molecule has 0 spiro atoms. The van der Waals surface area contributed by atoms with Gasteiger partial charge in [0, 0.05) is 11.6 Å². The maximum absolute atomic E-state index is 6.02. The average Bonchev–Trinajstić information content (AvgIpc) is 2.78. The van der Waals surface area contributed by atoms with E-state index in [1.165, 1.54) is 11.1 Å². The molecule has 0 fully saturated rings. The molecule has 0 aliphatic heterocycles. The summed E-state index contributed by atoms with van der Waals surface area (Å²) in [5.41, 5.74) is 4.44. The summed E-state index contributed by atoms with van der Waals surface area (Å²) in [5.74, 6) is 1.25. The van der Waals surface area contributed by atoms with Crippen molar-refractivity contribution in [1.29, 1.82) is 0 Å². The lowest BCUT2D eigenvalue weighted by molar-refractivity contribution is 0.778. The fourth-order valence-electron chi connectivity index (χ4n) is 2.31. The Kier molecular flexibility index (Phi) is 3.68. The first kappa shape index (κ1) is 13.5. The zero-order valence-corrected chi connectivity index (χ0v) is 12.6. The minimum atomic E-state index is 0.387. The zero-order valence-electron chi connectivity index (χ0n) is 11.1. The molecule has 102 valence electrons. The van der Waals surface area contributed by atoms with Gasteiger partial charge in [0.2, 0.25) is 0 Å². The van der Waals surface area contributed by atoms with E-state index in [0.29, 0.717) is 10.9 Å². The SMILES string of the molecule is Cc1ccc(Cn2c(CCl)nc3cc(Cl)ccc32)cc1. The second-order valence-corrected chi connectivity index (χ2v) is 5.57. The number of imidazole rings is 1. The number of hydrogen-bond acceptors (Lipinski definition) is 1. The summed E-state index contributed by atoms with van der Waals surface area (Å²) in [6.45, 7) is 2.85. The number of hydrogen-bond donors (Lipinski definition) is 0. The number of benzene rings is 2. The molecule has 3 aromatic rings. The van der Waals surface area contributed by atoms with E-state index in [4.69, 9.17) is 23.2 Å². The van der Waals surface area contributed by atoms with E-state index in [1.807, 2.05) is 18.2 Å². The van der Waals surface area contributed by atoms with Gasteiger partial charge in [-0.3, -0.25) is 0 Å². The quantitative estimate of drug-likeness (QED) is 0.636. The topological polar surface area (TPSA) is 17.8 Å². The van der Waals surface area contributed by atoms with Crippen LogP contribution in [0, 0.1) is 6.92 Å². The summed E-state index contributed by atoms with van der Waals surface area (Å²) >= 11 is 12.0. The van der Waals surface area contributed by atoms with Gasteiger partial charge in [0.1, 0.15) is 5.82 Å². The van der Waals surface area contributed by atoms with Crippen LogP contribution in [-0.4, -0.2) is 9.55 Å². The molecule has 2 nitrogen and oxygen atoms in total. The van der Waals surface area contributed by atoms with Crippen molar-refractivity contribution in [2.45, 2.75) is 19.3 Å². The zero-order chi connectivity index (χ0) is 14.1. The number of fused-ring (bicyclic) bond motifs is 1. The van der Waals surface area contributed by atoms with Gasteiger partial charge in [0.05, 0.1) is 16.9 Å². The Morgan fingerprint density at radius 3 is 2.55 bits per heavy atom. The van der Waals surface area contributed by atoms with Crippen LogP contribution >= 0.6 is 23.2 Å². The molecule has 0 atom stereocenters. The standard InChI is InChI=1S/C16H14Cl2N2/c1-11-2-4-12(5-3-11)10-20-15-7-6-13(18)8-14(15)19-16(20)9-17/h2-8H,9-10H2,1H3. The number of nitrogens with zero attached hydrogens (tertiary/aromatic N) is 2. The van der Waals surface area contributed by atoms with Gasteiger partial charge in [0.25, 0.3) is 0 Å². The smallest absolute Gasteiger partial charge is 0.125 e. The van der Waals surface area contributed by atoms with E-state index < -0.39 is 0 Å². The monoisotopic (exact) mass is 304 g/mol. The predicted octanol–water partition coefficient (Wildman–Crippen LogP) is 4.79. The molecule has 2 aromatic carbocycles. The Labute approximate surface area is 128 Å². The van der Waals surface area contributed by atoms with Crippen molar-refractivity contribution in [2.75, 3.05) is 0 Å². The van der Waals surface area contributed by atoms with E-state index in [0.717, 1.165) is 23.4 Å². The van der Waals surface area contributed by atoms with Crippen LogP contribution in [0.1, 0.15) is 17.0 Å². The molecule has 0 aliphatic rings. The Morgan fingerprint density at radius 1 is 1.10 bits per heavy atom. The Hall–Kier alpha value is -1.51. The number of aromatic nitrogens is 2. The van der Waals surface area contributed by atoms with Gasteiger partial charge >= 0.3 is 0 Å². The third-order valence-corrected chi connectivity index (χ3v) is 3.84. The third kappa shape index (κ3) is 2.54. The van der Waals surface area contributed by atoms with Crippen LogP contribution < -0.4 is 0 Å². The molecule has 0 aliphatic carbocycles. The normalized spacial score (nSPS) is 11.2. The molecule has 0 N–H and O–H groups in total. The minimum absolute atomic E-state index is 0.387. The fourth-order valence-corrected chi connectivity index (χ4v) is 2.68. The fraction of sp³-hybridized carbons (Fsp3) is 0.188. The molecule has 0 unspecified atom stereocenters. The lowest BCUT2D eigenvalue weighted by atomic mass is 10.1. The molecule has 20 heavy (non-hydrogen) atoms. The summed E-state index contributed by atoms with van der Waals surface area (Å²) < 4.78 is 2.14. The van der Waals surface area contributed by atoms with Crippen LogP contribution in [-0.2, 0) is 12.4 Å². The van der Waals surface area contributed by atoms with Crippen LogP contribution in [0.3, 0.4) is 0 Å². The van der Waals surface area contributed by atoms with Crippen molar-refractivity contribution in [3.63, 3.8) is 0 Å². The second-order valence-electron chi connectivity index (χ2n) is 4.87. The van der Waals surface area contributed by atoms with Crippen molar-refractivity contribution in [1.82, 2.24) is 9.55 Å². The first-order chi connectivity index (χ1) is 9.67. The second kappa shape index (κ2) is 5.47. The molecule has 0 bridgehead atoms. The van der Waals surface area contributed by atoms with Crippen molar-refractivity contribution in [2.24, 2.45) is 0 Å². The molecule has 3 rings (SSSR count). The maximum Gasteiger partial charge on any atom is 0.125 e. The van der Waals surface area contributed by atoms with E-state index in [-0.39, 0.29) is 0 Å². The highest BCUT2D eigenvalue weighted by molar-refractivity contribution is 6.31. The highest BCUT2D eigenvalue weighted by Gasteiger charge is 2.10. The van der Waals surface area contributed by atoms with Gasteiger partial charge in [-0.2, -0.15) is 0 Å². The highest BCUT2D eigenvalue weighted by Crippen LogP contribution is 2.22. The maximum atomic E-state index is 6.02. The predicted molar refractivity (Wildman–Crippen MR) is 84.6 cm³/mol. The Bertz CT molecular complexity index is 745.